The third-order valence-corrected chi connectivity index (χ3v) is 6.75. The molecule has 1 saturated heterocycles. The van der Waals surface area contributed by atoms with Gasteiger partial charge in [0.2, 0.25) is 10.0 Å². The van der Waals surface area contributed by atoms with E-state index in [9.17, 15) is 8.42 Å². The van der Waals surface area contributed by atoms with Crippen LogP contribution >= 0.6 is 11.3 Å². The van der Waals surface area contributed by atoms with Crippen LogP contribution in [0.4, 0.5) is 0 Å². The van der Waals surface area contributed by atoms with Crippen LogP contribution in [0.3, 0.4) is 0 Å². The number of aromatic nitrogens is 1. The number of hydrogen-bond donors (Lipinski definition) is 1. The van der Waals surface area contributed by atoms with E-state index >= 15 is 0 Å². The molecule has 120 valence electrons. The maximum atomic E-state index is 12.3. The number of aryl methyl sites for hydroxylation is 1. The molecule has 2 aromatic heterocycles. The number of sulfonamides is 1. The second kappa shape index (κ2) is 6.11. The fraction of sp³-hybridized carbons (Fsp3) is 0.500. The van der Waals surface area contributed by atoms with E-state index in [1.165, 1.54) is 11.3 Å². The molecule has 0 unspecified atom stereocenters. The summed E-state index contributed by atoms with van der Waals surface area (Å²) in [5.41, 5.74) is 1.74. The van der Waals surface area contributed by atoms with Crippen molar-refractivity contribution in [1.29, 1.82) is 0 Å². The summed E-state index contributed by atoms with van der Waals surface area (Å²) in [6.07, 6.45) is 1.86. The highest BCUT2D eigenvalue weighted by molar-refractivity contribution is 7.91. The molecule has 0 bridgehead atoms. The van der Waals surface area contributed by atoms with Crippen molar-refractivity contribution in [3.8, 4) is 10.6 Å². The lowest BCUT2D eigenvalue weighted by Crippen LogP contribution is -2.31. The average Bonchev–Trinajstić information content (AvgIpc) is 3.20. The summed E-state index contributed by atoms with van der Waals surface area (Å²) in [7, 11) is -3.51. The van der Waals surface area contributed by atoms with Gasteiger partial charge in [0.25, 0.3) is 0 Å². The van der Waals surface area contributed by atoms with Gasteiger partial charge in [0.15, 0.2) is 5.76 Å². The van der Waals surface area contributed by atoms with Crippen LogP contribution in [0.5, 0.6) is 0 Å². The highest BCUT2D eigenvalue weighted by atomic mass is 32.2. The monoisotopic (exact) mass is 342 g/mol. The third kappa shape index (κ3) is 3.10. The molecular formula is C14H18N2O4S2. The summed E-state index contributed by atoms with van der Waals surface area (Å²) in [5, 5.41) is 3.90. The van der Waals surface area contributed by atoms with E-state index in [0.717, 1.165) is 29.0 Å². The Morgan fingerprint density at radius 3 is 2.86 bits per heavy atom. The molecule has 22 heavy (non-hydrogen) atoms. The molecule has 1 fully saturated rings. The minimum absolute atomic E-state index is 0.0200. The Morgan fingerprint density at radius 2 is 2.23 bits per heavy atom. The van der Waals surface area contributed by atoms with Gasteiger partial charge in [-0.1, -0.05) is 5.16 Å². The first-order chi connectivity index (χ1) is 10.5. The molecule has 1 N–H and O–H groups in total. The van der Waals surface area contributed by atoms with Crippen LogP contribution < -0.4 is 4.72 Å². The third-order valence-electron chi connectivity index (χ3n) is 3.75. The lowest BCUT2D eigenvalue weighted by Gasteiger charge is -2.10. The summed E-state index contributed by atoms with van der Waals surface area (Å²) in [4.78, 5) is 0.760. The van der Waals surface area contributed by atoms with Gasteiger partial charge < -0.3 is 9.26 Å². The minimum Gasteiger partial charge on any atom is -0.377 e. The fourth-order valence-corrected chi connectivity index (χ4v) is 4.76. The predicted octanol–water partition coefficient (Wildman–Crippen LogP) is 2.48. The molecule has 6 nitrogen and oxygen atoms in total. The van der Waals surface area contributed by atoms with Crippen molar-refractivity contribution in [2.45, 2.75) is 37.0 Å². The lowest BCUT2D eigenvalue weighted by atomic mass is 10.2. The second-order valence-corrected chi connectivity index (χ2v) is 8.41. The van der Waals surface area contributed by atoms with Gasteiger partial charge >= 0.3 is 0 Å². The van der Waals surface area contributed by atoms with Crippen LogP contribution in [0, 0.1) is 13.8 Å². The van der Waals surface area contributed by atoms with E-state index < -0.39 is 10.0 Å². The first kappa shape index (κ1) is 15.7. The zero-order chi connectivity index (χ0) is 15.7. The Balaban J connectivity index is 1.76. The maximum absolute atomic E-state index is 12.3. The Bertz CT molecular complexity index is 758. The predicted molar refractivity (Wildman–Crippen MR) is 83.5 cm³/mol. The van der Waals surface area contributed by atoms with E-state index in [4.69, 9.17) is 9.26 Å². The normalized spacial score (nSPS) is 18.9. The van der Waals surface area contributed by atoms with Crippen molar-refractivity contribution < 1.29 is 17.7 Å². The Labute approximate surface area is 133 Å². The Morgan fingerprint density at radius 1 is 1.41 bits per heavy atom. The molecule has 0 saturated carbocycles. The van der Waals surface area contributed by atoms with Gasteiger partial charge in [-0.2, -0.15) is 0 Å². The topological polar surface area (TPSA) is 81.4 Å². The zero-order valence-electron chi connectivity index (χ0n) is 12.5. The number of hydrogen-bond acceptors (Lipinski definition) is 6. The van der Waals surface area contributed by atoms with Crippen LogP contribution in [0.2, 0.25) is 0 Å². The molecule has 0 radical (unpaired) electrons. The SMILES string of the molecule is Cc1noc(-c2ccc(S(=O)(=O)NC[C@@H]3CCCO3)s2)c1C. The van der Waals surface area contributed by atoms with Gasteiger partial charge in [-0.3, -0.25) is 0 Å². The quantitative estimate of drug-likeness (QED) is 0.903. The van der Waals surface area contributed by atoms with Crippen molar-refractivity contribution in [3.63, 3.8) is 0 Å². The maximum Gasteiger partial charge on any atom is 0.250 e. The molecule has 1 atom stereocenters. The number of nitrogens with zero attached hydrogens (tertiary/aromatic N) is 1. The van der Waals surface area contributed by atoms with E-state index in [2.05, 4.69) is 9.88 Å². The minimum atomic E-state index is -3.51. The largest absolute Gasteiger partial charge is 0.377 e. The Kier molecular flexibility index (Phi) is 4.35. The van der Waals surface area contributed by atoms with Crippen LogP contribution in [-0.4, -0.2) is 32.8 Å². The van der Waals surface area contributed by atoms with Gasteiger partial charge in [0.1, 0.15) is 4.21 Å². The molecular weight excluding hydrogens is 324 g/mol. The fourth-order valence-electron chi connectivity index (χ4n) is 2.31. The highest BCUT2D eigenvalue weighted by Crippen LogP contribution is 2.33. The molecule has 8 heteroatoms. The van der Waals surface area contributed by atoms with E-state index in [1.807, 2.05) is 13.8 Å². The van der Waals surface area contributed by atoms with Crippen LogP contribution in [0.1, 0.15) is 24.1 Å². The highest BCUT2D eigenvalue weighted by Gasteiger charge is 2.23. The summed E-state index contributed by atoms with van der Waals surface area (Å²) in [6, 6.07) is 3.34. The number of nitrogens with one attached hydrogen (secondary N) is 1. The summed E-state index contributed by atoms with van der Waals surface area (Å²) in [5.74, 6) is 0.628. The van der Waals surface area contributed by atoms with E-state index in [-0.39, 0.29) is 10.3 Å². The molecule has 0 spiro atoms. The Hall–Kier alpha value is -1.22. The van der Waals surface area contributed by atoms with Gasteiger partial charge in [-0.25, -0.2) is 13.1 Å². The van der Waals surface area contributed by atoms with Crippen molar-refractivity contribution in [1.82, 2.24) is 9.88 Å². The van der Waals surface area contributed by atoms with Crippen molar-refractivity contribution >= 4 is 21.4 Å². The van der Waals surface area contributed by atoms with Crippen LogP contribution in [0.15, 0.2) is 20.9 Å². The first-order valence-electron chi connectivity index (χ1n) is 7.12. The average molecular weight is 342 g/mol. The molecule has 0 aliphatic carbocycles. The number of ether oxygens (including phenoxy) is 1. The molecule has 0 amide bonds. The molecule has 1 aliphatic heterocycles. The van der Waals surface area contributed by atoms with E-state index in [1.54, 1.807) is 12.1 Å². The van der Waals surface area contributed by atoms with E-state index in [0.29, 0.717) is 18.9 Å². The van der Waals surface area contributed by atoms with Crippen molar-refractivity contribution in [2.75, 3.05) is 13.2 Å². The molecule has 0 aromatic carbocycles. The number of thiophene rings is 1. The first-order valence-corrected chi connectivity index (χ1v) is 9.41. The standard InChI is InChI=1S/C14H18N2O4S2/c1-9-10(2)16-20-14(9)12-5-6-13(21-12)22(17,18)15-8-11-4-3-7-19-11/h5-6,11,15H,3-4,7-8H2,1-2H3/t11-/m0/s1. The van der Waals surface area contributed by atoms with Gasteiger partial charge in [-0.15, -0.1) is 11.3 Å². The van der Waals surface area contributed by atoms with Crippen LogP contribution in [-0.2, 0) is 14.8 Å². The van der Waals surface area contributed by atoms with Gasteiger partial charge in [0.05, 0.1) is 16.7 Å². The summed E-state index contributed by atoms with van der Waals surface area (Å²) >= 11 is 1.18. The van der Waals surface area contributed by atoms with Crippen molar-refractivity contribution in [2.24, 2.45) is 0 Å². The molecule has 1 aliphatic rings. The molecule has 3 rings (SSSR count). The summed E-state index contributed by atoms with van der Waals surface area (Å²) < 4.78 is 38.2. The van der Waals surface area contributed by atoms with Crippen LogP contribution in [0.25, 0.3) is 10.6 Å². The smallest absolute Gasteiger partial charge is 0.250 e. The van der Waals surface area contributed by atoms with Gasteiger partial charge in [-0.05, 0) is 38.8 Å². The van der Waals surface area contributed by atoms with Crippen molar-refractivity contribution in [3.05, 3.63) is 23.4 Å². The molecule has 2 aromatic rings. The lowest BCUT2D eigenvalue weighted by molar-refractivity contribution is 0.114. The molecule has 3 heterocycles. The van der Waals surface area contributed by atoms with Gasteiger partial charge in [0, 0.05) is 18.7 Å². The zero-order valence-corrected chi connectivity index (χ0v) is 14.1. The second-order valence-electron chi connectivity index (χ2n) is 5.33. The summed E-state index contributed by atoms with van der Waals surface area (Å²) in [6.45, 7) is 4.79. The number of rotatable bonds is 5.